The van der Waals surface area contributed by atoms with E-state index in [0.29, 0.717) is 19.3 Å². The van der Waals surface area contributed by atoms with E-state index in [4.69, 9.17) is 9.47 Å². The number of carbonyl (C=O) groups excluding carboxylic acids is 7. The first-order chi connectivity index (χ1) is 27.1. The van der Waals surface area contributed by atoms with Gasteiger partial charge < -0.3 is 46.5 Å². The fraction of sp³-hybridized carbons (Fsp3) is 0.548. The maximum atomic E-state index is 12.4. The van der Waals surface area contributed by atoms with Gasteiger partial charge in [-0.15, -0.1) is 0 Å². The number of carbonyl (C=O) groups is 7. The van der Waals surface area contributed by atoms with Gasteiger partial charge in [0, 0.05) is 0 Å². The standard InChI is InChI=1S/C21H33N3O5.C21H31N3O5/c2*1-6-10-16(24-20(28)29-21(3,4)5)18(26)19(27)22-13-17(25)23-14(2)15-11-8-7-9-12-15/h7-9,11-12,14,16,18,26H,6,10,13H2,1-5H3,(H,22,27)(H,23,25)(H,24,28);7-9,11-12,14,16H,6,10,13H2,1-5H3,(H,22,27)(H,23,25)(H,24,28)/t14-,16?,18?;14-,16?/m11/s1. The maximum absolute atomic E-state index is 12.4. The molecule has 3 unspecified atom stereocenters. The van der Waals surface area contributed by atoms with E-state index in [1.165, 1.54) is 0 Å². The largest absolute Gasteiger partial charge is 0.444 e. The first-order valence-corrected chi connectivity index (χ1v) is 19.5. The molecule has 7 N–H and O–H groups in total. The Morgan fingerprint density at radius 3 is 1.43 bits per heavy atom. The topological polar surface area (TPSA) is 230 Å². The van der Waals surface area contributed by atoms with Crippen LogP contribution in [0.3, 0.4) is 0 Å². The van der Waals surface area contributed by atoms with Crippen molar-refractivity contribution >= 4 is 41.6 Å². The number of alkyl carbamates (subject to hydrolysis) is 2. The highest BCUT2D eigenvalue weighted by Crippen LogP contribution is 2.13. The van der Waals surface area contributed by atoms with E-state index < -0.39 is 65.1 Å². The van der Waals surface area contributed by atoms with E-state index >= 15 is 0 Å². The minimum absolute atomic E-state index is 0.216. The van der Waals surface area contributed by atoms with Crippen molar-refractivity contribution in [2.75, 3.05) is 13.1 Å². The van der Waals surface area contributed by atoms with Crippen LogP contribution in [-0.4, -0.2) is 89.2 Å². The fourth-order valence-electron chi connectivity index (χ4n) is 5.18. The summed E-state index contributed by atoms with van der Waals surface area (Å²) in [6, 6.07) is 16.5. The molecule has 322 valence electrons. The van der Waals surface area contributed by atoms with Crippen molar-refractivity contribution in [1.29, 1.82) is 0 Å². The lowest BCUT2D eigenvalue weighted by atomic mass is 10.1. The Balaban J connectivity index is 0.000000580. The van der Waals surface area contributed by atoms with Gasteiger partial charge in [-0.25, -0.2) is 9.59 Å². The van der Waals surface area contributed by atoms with Crippen molar-refractivity contribution in [3.8, 4) is 0 Å². The number of rotatable bonds is 18. The summed E-state index contributed by atoms with van der Waals surface area (Å²) >= 11 is 0. The summed E-state index contributed by atoms with van der Waals surface area (Å²) < 4.78 is 10.3. The molecule has 0 aromatic heterocycles. The third kappa shape index (κ3) is 21.1. The zero-order valence-electron chi connectivity index (χ0n) is 35.5. The predicted molar refractivity (Wildman–Crippen MR) is 219 cm³/mol. The number of aliphatic hydroxyl groups is 1. The molecule has 58 heavy (non-hydrogen) atoms. The van der Waals surface area contributed by atoms with E-state index in [1.807, 2.05) is 88.4 Å². The van der Waals surface area contributed by atoms with Gasteiger partial charge in [-0.05, 0) is 79.4 Å². The second-order valence-corrected chi connectivity index (χ2v) is 15.6. The zero-order valence-corrected chi connectivity index (χ0v) is 35.5. The molecule has 16 nitrogen and oxygen atoms in total. The first-order valence-electron chi connectivity index (χ1n) is 19.5. The second-order valence-electron chi connectivity index (χ2n) is 15.6. The molecule has 0 aliphatic heterocycles. The quantitative estimate of drug-likeness (QED) is 0.106. The summed E-state index contributed by atoms with van der Waals surface area (Å²) in [6.45, 7) is 17.0. The van der Waals surface area contributed by atoms with Crippen LogP contribution in [0.2, 0.25) is 0 Å². The lowest BCUT2D eigenvalue weighted by Gasteiger charge is -2.26. The molecule has 0 saturated carbocycles. The summed E-state index contributed by atoms with van der Waals surface area (Å²) in [7, 11) is 0. The van der Waals surface area contributed by atoms with Gasteiger partial charge in [0.1, 0.15) is 17.2 Å². The molecule has 0 spiro atoms. The molecule has 16 heteroatoms. The molecule has 0 aliphatic rings. The van der Waals surface area contributed by atoms with Gasteiger partial charge in [-0.2, -0.15) is 0 Å². The Hall–Kier alpha value is -5.51. The molecule has 0 bridgehead atoms. The minimum Gasteiger partial charge on any atom is -0.444 e. The monoisotopic (exact) mass is 812 g/mol. The first kappa shape index (κ1) is 50.5. The minimum atomic E-state index is -1.50. The van der Waals surface area contributed by atoms with Gasteiger partial charge in [0.25, 0.3) is 11.8 Å². The maximum Gasteiger partial charge on any atom is 0.408 e. The normalized spacial score (nSPS) is 13.6. The molecule has 2 rings (SSSR count). The van der Waals surface area contributed by atoms with Crippen molar-refractivity contribution in [2.45, 2.75) is 136 Å². The van der Waals surface area contributed by atoms with E-state index in [0.717, 1.165) is 11.1 Å². The molecule has 0 saturated heterocycles. The fourth-order valence-corrected chi connectivity index (χ4v) is 5.18. The van der Waals surface area contributed by atoms with Crippen LogP contribution < -0.4 is 31.9 Å². The van der Waals surface area contributed by atoms with Crippen molar-refractivity contribution < 1.29 is 48.1 Å². The number of Topliss-reactive ketones (excluding diaryl/α,β-unsaturated/α-hetero) is 1. The van der Waals surface area contributed by atoms with Gasteiger partial charge in [-0.1, -0.05) is 87.4 Å². The van der Waals surface area contributed by atoms with Crippen molar-refractivity contribution in [1.82, 2.24) is 31.9 Å². The zero-order chi connectivity index (χ0) is 44.1. The summed E-state index contributed by atoms with van der Waals surface area (Å²) in [5, 5.41) is 25.5. The van der Waals surface area contributed by atoms with E-state index in [9.17, 15) is 38.7 Å². The number of ether oxygens (including phenoxy) is 2. The molecule has 2 aromatic rings. The highest BCUT2D eigenvalue weighted by Gasteiger charge is 2.30. The molecule has 2 aromatic carbocycles. The van der Waals surface area contributed by atoms with Crippen molar-refractivity contribution in [3.63, 3.8) is 0 Å². The number of amides is 6. The average molecular weight is 813 g/mol. The molecule has 0 heterocycles. The lowest BCUT2D eigenvalue weighted by Crippen LogP contribution is -2.52. The Morgan fingerprint density at radius 2 is 1.02 bits per heavy atom. The highest BCUT2D eigenvalue weighted by atomic mass is 16.6. The Labute approximate surface area is 342 Å². The average Bonchev–Trinajstić information content (AvgIpc) is 3.14. The van der Waals surface area contributed by atoms with Crippen LogP contribution in [0.1, 0.15) is 118 Å². The molecule has 6 amide bonds. The van der Waals surface area contributed by atoms with Crippen LogP contribution in [0, 0.1) is 0 Å². The molecular weight excluding hydrogens is 748 g/mol. The number of hydrogen-bond donors (Lipinski definition) is 7. The third-order valence-corrected chi connectivity index (χ3v) is 7.95. The van der Waals surface area contributed by atoms with Crippen LogP contribution >= 0.6 is 0 Å². The Bertz CT molecular complexity index is 1630. The van der Waals surface area contributed by atoms with Gasteiger partial charge in [0.2, 0.25) is 17.6 Å². The van der Waals surface area contributed by atoms with E-state index in [-0.39, 0.29) is 37.5 Å². The summed E-state index contributed by atoms with van der Waals surface area (Å²) in [5.74, 6) is -3.28. The van der Waals surface area contributed by atoms with Gasteiger partial charge >= 0.3 is 12.2 Å². The molecule has 5 atom stereocenters. The van der Waals surface area contributed by atoms with Crippen LogP contribution in [0.5, 0.6) is 0 Å². The number of ketones is 1. The highest BCUT2D eigenvalue weighted by molar-refractivity contribution is 6.38. The van der Waals surface area contributed by atoms with Crippen molar-refractivity contribution in [2.24, 2.45) is 0 Å². The van der Waals surface area contributed by atoms with Crippen molar-refractivity contribution in [3.05, 3.63) is 71.8 Å². The van der Waals surface area contributed by atoms with Crippen LogP contribution in [0.25, 0.3) is 0 Å². The molecule has 0 fully saturated rings. The lowest BCUT2D eigenvalue weighted by molar-refractivity contribution is -0.139. The number of aliphatic hydroxyl groups excluding tert-OH is 1. The van der Waals surface area contributed by atoms with Gasteiger partial charge in [0.15, 0.2) is 6.10 Å². The van der Waals surface area contributed by atoms with Gasteiger partial charge in [-0.3, -0.25) is 24.0 Å². The summed E-state index contributed by atoms with van der Waals surface area (Å²) in [6.07, 6.45) is -1.10. The van der Waals surface area contributed by atoms with Crippen LogP contribution in [-0.2, 0) is 33.4 Å². The Kier molecular flexibility index (Phi) is 21.8. The smallest absolute Gasteiger partial charge is 0.408 e. The van der Waals surface area contributed by atoms with Gasteiger partial charge in [0.05, 0.1) is 31.2 Å². The predicted octanol–water partition coefficient (Wildman–Crippen LogP) is 4.28. The second kappa shape index (κ2) is 25.0. The van der Waals surface area contributed by atoms with Crippen LogP contribution in [0.4, 0.5) is 9.59 Å². The number of benzene rings is 2. The molecule has 0 aliphatic carbocycles. The summed E-state index contributed by atoms with van der Waals surface area (Å²) in [4.78, 5) is 84.8. The Morgan fingerprint density at radius 1 is 0.603 bits per heavy atom. The molecular formula is C42H64N6O10. The van der Waals surface area contributed by atoms with E-state index in [2.05, 4.69) is 31.9 Å². The van der Waals surface area contributed by atoms with E-state index in [1.54, 1.807) is 41.5 Å². The molecule has 0 radical (unpaired) electrons. The number of hydrogen-bond acceptors (Lipinski definition) is 10. The summed E-state index contributed by atoms with van der Waals surface area (Å²) in [5.41, 5.74) is 0.450. The number of nitrogens with one attached hydrogen (secondary N) is 6. The SMILES string of the molecule is CCCC(NC(=O)OC(C)(C)C)C(=O)C(=O)NCC(=O)N[C@H](C)c1ccccc1.CCCC(NC(=O)OC(C)(C)C)C(O)C(=O)NCC(=O)N[C@H](C)c1ccccc1. The van der Waals surface area contributed by atoms with Crippen LogP contribution in [0.15, 0.2) is 60.7 Å². The third-order valence-electron chi connectivity index (χ3n) is 7.95.